The zero-order valence-corrected chi connectivity index (χ0v) is 32.8. The molecule has 2 aliphatic heterocycles. The molecule has 2 heterocycles. The van der Waals surface area contributed by atoms with Crippen LogP contribution in [0.1, 0.15) is 114 Å². The highest BCUT2D eigenvalue weighted by Crippen LogP contribution is 2.26. The molecule has 0 aromatic heterocycles. The van der Waals surface area contributed by atoms with E-state index in [-0.39, 0.29) is 25.3 Å². The molecule has 16 heteroatoms. The second-order valence-corrected chi connectivity index (χ2v) is 15.2. The van der Waals surface area contributed by atoms with Crippen LogP contribution >= 0.6 is 0 Å². The van der Waals surface area contributed by atoms with Crippen molar-refractivity contribution in [2.75, 3.05) is 38.2 Å². The summed E-state index contributed by atoms with van der Waals surface area (Å²) in [5.41, 5.74) is 0.793. The van der Waals surface area contributed by atoms with Crippen LogP contribution in [0.3, 0.4) is 0 Å². The monoisotopic (exact) mass is 797 g/mol. The third kappa shape index (κ3) is 15.2. The fourth-order valence-electron chi connectivity index (χ4n) is 7.19. The Kier molecular flexibility index (Phi) is 21.7. The number of hydrogen-bond donors (Lipinski definition) is 10. The topological polar surface area (TPSA) is 259 Å². The van der Waals surface area contributed by atoms with E-state index in [1.807, 2.05) is 0 Å². The van der Waals surface area contributed by atoms with Crippen LogP contribution in [0, 0.1) is 0 Å². The number of hydrogen-bond acceptors (Lipinski definition) is 13. The fraction of sp³-hybridized carbons (Fsp3) is 0.775. The zero-order chi connectivity index (χ0) is 41.0. The minimum absolute atomic E-state index is 0.0652. The van der Waals surface area contributed by atoms with Gasteiger partial charge in [0, 0.05) is 24.3 Å². The number of aliphatic hydroxyl groups excluding tert-OH is 8. The van der Waals surface area contributed by atoms with Gasteiger partial charge < -0.3 is 65.9 Å². The van der Waals surface area contributed by atoms with Crippen LogP contribution < -0.4 is 10.6 Å². The van der Waals surface area contributed by atoms with Crippen LogP contribution in [0.4, 0.5) is 5.69 Å². The van der Waals surface area contributed by atoms with Gasteiger partial charge in [-0.05, 0) is 43.5 Å². The van der Waals surface area contributed by atoms with Crippen molar-refractivity contribution in [1.82, 2.24) is 10.2 Å². The van der Waals surface area contributed by atoms with Crippen LogP contribution in [0.5, 0.6) is 0 Å². The van der Waals surface area contributed by atoms with Crippen molar-refractivity contribution in [1.29, 1.82) is 0 Å². The lowest BCUT2D eigenvalue weighted by molar-refractivity contribution is -0.231. The maximum Gasteiger partial charge on any atom is 0.251 e. The number of nitrogens with zero attached hydrogens (tertiary/aromatic N) is 1. The molecule has 320 valence electrons. The Hall–Kier alpha value is -2.77. The summed E-state index contributed by atoms with van der Waals surface area (Å²) in [6, 6.07) is 6.29. The normalized spacial score (nSPS) is 27.8. The Bertz CT molecular complexity index is 1290. The molecule has 2 fully saturated rings. The maximum atomic E-state index is 13.5. The lowest BCUT2D eigenvalue weighted by atomic mass is 9.92. The molecule has 3 amide bonds. The van der Waals surface area contributed by atoms with Gasteiger partial charge in [-0.3, -0.25) is 14.4 Å². The summed E-state index contributed by atoms with van der Waals surface area (Å²) in [7, 11) is 0. The van der Waals surface area contributed by atoms with Crippen molar-refractivity contribution in [2.45, 2.75) is 164 Å². The van der Waals surface area contributed by atoms with Gasteiger partial charge in [-0.1, -0.05) is 77.6 Å². The number of unbranched alkanes of at least 4 members (excludes halogenated alkanes) is 11. The van der Waals surface area contributed by atoms with E-state index in [1.54, 1.807) is 24.3 Å². The fourth-order valence-corrected chi connectivity index (χ4v) is 7.19. The lowest BCUT2D eigenvalue weighted by Crippen LogP contribution is -2.59. The molecule has 1 aromatic rings. The summed E-state index contributed by atoms with van der Waals surface area (Å²) in [5.74, 6) is -1.49. The average Bonchev–Trinajstić information content (AvgIpc) is 3.19. The molecule has 1 aromatic carbocycles. The predicted octanol–water partition coefficient (Wildman–Crippen LogP) is 0.740. The van der Waals surface area contributed by atoms with E-state index < -0.39 is 99.0 Å². The first-order valence-electron chi connectivity index (χ1n) is 20.5. The van der Waals surface area contributed by atoms with Crippen LogP contribution in [0.15, 0.2) is 24.3 Å². The molecule has 3 rings (SSSR count). The van der Waals surface area contributed by atoms with Gasteiger partial charge >= 0.3 is 0 Å². The van der Waals surface area contributed by atoms with Crippen molar-refractivity contribution in [3.8, 4) is 0 Å². The van der Waals surface area contributed by atoms with Gasteiger partial charge in [-0.15, -0.1) is 0 Å². The smallest absolute Gasteiger partial charge is 0.251 e. The van der Waals surface area contributed by atoms with E-state index in [1.165, 1.54) is 57.8 Å². The van der Waals surface area contributed by atoms with Gasteiger partial charge in [0.05, 0.1) is 38.4 Å². The van der Waals surface area contributed by atoms with Crippen molar-refractivity contribution in [3.63, 3.8) is 0 Å². The number of benzene rings is 1. The van der Waals surface area contributed by atoms with E-state index in [0.717, 1.165) is 24.2 Å². The molecule has 10 atom stereocenters. The Morgan fingerprint density at radius 1 is 0.625 bits per heavy atom. The Morgan fingerprint density at radius 3 is 1.64 bits per heavy atom. The van der Waals surface area contributed by atoms with Crippen LogP contribution in [0.2, 0.25) is 0 Å². The van der Waals surface area contributed by atoms with E-state index >= 15 is 0 Å². The molecular weight excluding hydrogens is 730 g/mol. The van der Waals surface area contributed by atoms with Crippen LogP contribution in [0.25, 0.3) is 0 Å². The molecule has 0 saturated carbocycles. The van der Waals surface area contributed by atoms with Crippen molar-refractivity contribution in [3.05, 3.63) is 29.8 Å². The zero-order valence-electron chi connectivity index (χ0n) is 32.8. The summed E-state index contributed by atoms with van der Waals surface area (Å²) in [4.78, 5) is 40.6. The van der Waals surface area contributed by atoms with E-state index in [9.17, 15) is 55.2 Å². The summed E-state index contributed by atoms with van der Waals surface area (Å²) >= 11 is 0. The van der Waals surface area contributed by atoms with Crippen LogP contribution in [-0.4, -0.2) is 157 Å². The number of nitrogens with one attached hydrogen (secondary N) is 2. The van der Waals surface area contributed by atoms with E-state index in [0.29, 0.717) is 17.8 Å². The van der Waals surface area contributed by atoms with Crippen molar-refractivity contribution < 1.29 is 64.7 Å². The van der Waals surface area contributed by atoms with Crippen LogP contribution in [-0.2, 0) is 19.1 Å². The molecule has 2 saturated heterocycles. The lowest BCUT2D eigenvalue weighted by Gasteiger charge is -2.41. The third-order valence-electron chi connectivity index (χ3n) is 10.7. The highest BCUT2D eigenvalue weighted by atomic mass is 16.6. The predicted molar refractivity (Wildman–Crippen MR) is 206 cm³/mol. The molecule has 16 nitrogen and oxygen atoms in total. The minimum Gasteiger partial charge on any atom is -0.394 e. The Labute approximate surface area is 330 Å². The van der Waals surface area contributed by atoms with Gasteiger partial charge in [0.25, 0.3) is 5.91 Å². The number of carbonyl (C=O) groups is 3. The minimum atomic E-state index is -1.69. The van der Waals surface area contributed by atoms with E-state index in [2.05, 4.69) is 17.6 Å². The number of amides is 3. The second kappa shape index (κ2) is 25.6. The highest BCUT2D eigenvalue weighted by Gasteiger charge is 2.45. The second-order valence-electron chi connectivity index (χ2n) is 15.2. The van der Waals surface area contributed by atoms with E-state index in [4.69, 9.17) is 9.47 Å². The molecule has 2 aliphatic rings. The first kappa shape index (κ1) is 47.6. The maximum absolute atomic E-state index is 13.5. The third-order valence-corrected chi connectivity index (χ3v) is 10.7. The average molecular weight is 798 g/mol. The van der Waals surface area contributed by atoms with Gasteiger partial charge in [-0.2, -0.15) is 0 Å². The summed E-state index contributed by atoms with van der Waals surface area (Å²) in [5, 5.41) is 86.2. The molecule has 0 bridgehead atoms. The first-order chi connectivity index (χ1) is 26.9. The van der Waals surface area contributed by atoms with Gasteiger partial charge in [0.2, 0.25) is 11.8 Å². The molecule has 0 unspecified atom stereocenters. The Morgan fingerprint density at radius 2 is 1.11 bits per heavy atom. The summed E-state index contributed by atoms with van der Waals surface area (Å²) in [6.07, 6.45) is 0.267. The van der Waals surface area contributed by atoms with Crippen molar-refractivity contribution in [2.24, 2.45) is 0 Å². The summed E-state index contributed by atoms with van der Waals surface area (Å²) in [6.45, 7) is 0.979. The number of aliphatic hydroxyl groups is 8. The molecule has 56 heavy (non-hydrogen) atoms. The molecule has 0 radical (unpaired) electrons. The first-order valence-corrected chi connectivity index (χ1v) is 20.5. The summed E-state index contributed by atoms with van der Waals surface area (Å²) < 4.78 is 11.0. The number of carbonyl (C=O) groups excluding carboxylic acids is 3. The van der Waals surface area contributed by atoms with Gasteiger partial charge in [0.1, 0.15) is 48.8 Å². The number of ether oxygens (including phenoxy) is 2. The highest BCUT2D eigenvalue weighted by molar-refractivity contribution is 5.97. The Balaban J connectivity index is 1.49. The molecule has 0 spiro atoms. The molecule has 0 aliphatic carbocycles. The van der Waals surface area contributed by atoms with Gasteiger partial charge in [0.15, 0.2) is 0 Å². The number of rotatable bonds is 25. The molecule has 10 N–H and O–H groups in total. The number of anilines is 1. The largest absolute Gasteiger partial charge is 0.394 e. The van der Waals surface area contributed by atoms with Crippen molar-refractivity contribution >= 4 is 23.4 Å². The molecular formula is C40H67N3O13. The SMILES string of the molecule is CCCCCCCCCCCCCCNC(=O)c1ccc(NC(=O)CN(CCC[C@H]2O[C@H](CO)[C@H](O)[C@H](O)[C@H]2O)C(=O)C[C@H]2O[C@H](CO)[C@H](O)[C@H](O)[C@H]2O)cc1. The quantitative estimate of drug-likeness (QED) is 0.0614. The van der Waals surface area contributed by atoms with Gasteiger partial charge in [-0.25, -0.2) is 0 Å². The standard InChI is InChI=1S/C40H67N3O13/c1-2-3-4-5-6-7-8-9-10-11-12-13-20-41-40(54)26-16-18-27(19-17-26)42-32(46)23-43(21-14-15-28-34(48)38(52)36(50)30(24-44)55-28)33(47)22-29-35(49)39(53)37(51)31(25-45)56-29/h16-19,28-31,34-39,44-45,48-53H,2-15,20-25H2,1H3,(H,41,54)(H,42,46)/t28-,29-,30-,31-,34+,35+,36+,37+,38-,39-/m1/s1.